The molecule has 0 aromatic carbocycles. The van der Waals surface area contributed by atoms with Crippen molar-refractivity contribution in [3.63, 3.8) is 0 Å². The van der Waals surface area contributed by atoms with Gasteiger partial charge in [-0.3, -0.25) is 14.5 Å². The molecule has 2 atom stereocenters. The minimum Gasteiger partial charge on any atom is -0.464 e. The molecule has 0 saturated carbocycles. The number of imide groups is 1. The predicted molar refractivity (Wildman–Crippen MR) is 86.4 cm³/mol. The molecule has 0 aromatic heterocycles. The van der Waals surface area contributed by atoms with Crippen LogP contribution in [0.4, 0.5) is 4.79 Å². The smallest absolute Gasteiger partial charge is 0.408 e. The van der Waals surface area contributed by atoms with E-state index in [0.717, 1.165) is 4.90 Å². The minimum absolute atomic E-state index is 0.0352. The molecule has 3 amide bonds. The van der Waals surface area contributed by atoms with Crippen LogP contribution in [0.3, 0.4) is 0 Å². The van der Waals surface area contributed by atoms with Crippen LogP contribution in [0.5, 0.6) is 0 Å². The van der Waals surface area contributed by atoms with E-state index in [2.05, 4.69) is 5.32 Å². The van der Waals surface area contributed by atoms with Gasteiger partial charge in [-0.25, -0.2) is 9.59 Å². The maximum Gasteiger partial charge on any atom is 0.408 e. The van der Waals surface area contributed by atoms with Crippen molar-refractivity contribution in [3.8, 4) is 0 Å². The molecule has 0 unspecified atom stereocenters. The molecule has 0 spiro atoms. The summed E-state index contributed by atoms with van der Waals surface area (Å²) in [6.07, 6.45) is -0.759. The van der Waals surface area contributed by atoms with E-state index in [1.54, 1.807) is 27.7 Å². The van der Waals surface area contributed by atoms with Gasteiger partial charge in [0.15, 0.2) is 0 Å². The lowest BCUT2D eigenvalue weighted by Gasteiger charge is -2.27. The SMILES string of the molecule is CCOC(=O)[C@@H]1CCC(=O)N1C(=O)[C@H](CCO)NC(=O)OC(C)(C)C. The molecule has 1 heterocycles. The van der Waals surface area contributed by atoms with E-state index in [4.69, 9.17) is 14.6 Å². The molecule has 1 aliphatic rings. The number of hydrogen-bond acceptors (Lipinski definition) is 7. The molecule has 142 valence electrons. The number of carbonyl (C=O) groups is 4. The number of nitrogens with one attached hydrogen (secondary N) is 1. The fourth-order valence-corrected chi connectivity index (χ4v) is 2.43. The number of alkyl carbamates (subject to hydrolysis) is 1. The average Bonchev–Trinajstić information content (AvgIpc) is 2.86. The van der Waals surface area contributed by atoms with Crippen molar-refractivity contribution >= 4 is 23.9 Å². The first kappa shape index (κ1) is 20.9. The van der Waals surface area contributed by atoms with Crippen molar-refractivity contribution in [1.82, 2.24) is 10.2 Å². The molecule has 25 heavy (non-hydrogen) atoms. The van der Waals surface area contributed by atoms with Crippen LogP contribution in [0.25, 0.3) is 0 Å². The Morgan fingerprint density at radius 3 is 2.52 bits per heavy atom. The van der Waals surface area contributed by atoms with Crippen molar-refractivity contribution in [2.45, 2.75) is 64.6 Å². The van der Waals surface area contributed by atoms with Crippen molar-refractivity contribution in [1.29, 1.82) is 0 Å². The zero-order chi connectivity index (χ0) is 19.2. The van der Waals surface area contributed by atoms with Gasteiger partial charge in [0.25, 0.3) is 5.91 Å². The highest BCUT2D eigenvalue weighted by atomic mass is 16.6. The number of nitrogens with zero attached hydrogens (tertiary/aromatic N) is 1. The van der Waals surface area contributed by atoms with Gasteiger partial charge >= 0.3 is 12.1 Å². The summed E-state index contributed by atoms with van der Waals surface area (Å²) in [6.45, 7) is 6.35. The van der Waals surface area contributed by atoms with Crippen molar-refractivity contribution in [2.75, 3.05) is 13.2 Å². The van der Waals surface area contributed by atoms with E-state index >= 15 is 0 Å². The highest BCUT2D eigenvalue weighted by Gasteiger charge is 2.43. The zero-order valence-electron chi connectivity index (χ0n) is 15.0. The second-order valence-electron chi connectivity index (χ2n) is 6.62. The number of amides is 3. The molecule has 0 aliphatic carbocycles. The largest absolute Gasteiger partial charge is 0.464 e. The van der Waals surface area contributed by atoms with Crippen LogP contribution >= 0.6 is 0 Å². The monoisotopic (exact) mass is 358 g/mol. The fraction of sp³-hybridized carbons (Fsp3) is 0.750. The number of aliphatic hydroxyl groups excluding tert-OH is 1. The summed E-state index contributed by atoms with van der Waals surface area (Å²) in [4.78, 5) is 49.4. The van der Waals surface area contributed by atoms with Gasteiger partial charge in [0, 0.05) is 13.0 Å². The molecule has 1 rings (SSSR count). The summed E-state index contributed by atoms with van der Waals surface area (Å²) in [5.41, 5.74) is -0.770. The Balaban J connectivity index is 2.90. The van der Waals surface area contributed by atoms with Crippen molar-refractivity contribution in [3.05, 3.63) is 0 Å². The van der Waals surface area contributed by atoms with E-state index in [9.17, 15) is 19.2 Å². The van der Waals surface area contributed by atoms with Gasteiger partial charge in [0.1, 0.15) is 17.7 Å². The van der Waals surface area contributed by atoms with Crippen molar-refractivity contribution in [2.24, 2.45) is 0 Å². The molecule has 9 heteroatoms. The number of ether oxygens (including phenoxy) is 2. The second kappa shape index (κ2) is 8.80. The third-order valence-corrected chi connectivity index (χ3v) is 3.41. The van der Waals surface area contributed by atoms with Gasteiger partial charge in [-0.05, 0) is 40.5 Å². The number of likely N-dealkylation sites (tertiary alicyclic amines) is 1. The van der Waals surface area contributed by atoms with Gasteiger partial charge in [-0.2, -0.15) is 0 Å². The van der Waals surface area contributed by atoms with E-state index in [1.165, 1.54) is 0 Å². The summed E-state index contributed by atoms with van der Waals surface area (Å²) in [5.74, 6) is -1.95. The number of hydrogen-bond donors (Lipinski definition) is 2. The number of esters is 1. The molecular formula is C16H26N2O7. The quantitative estimate of drug-likeness (QED) is 0.657. The summed E-state index contributed by atoms with van der Waals surface area (Å²) in [6, 6.07) is -2.19. The molecule has 1 aliphatic heterocycles. The minimum atomic E-state index is -1.18. The van der Waals surface area contributed by atoms with E-state index in [-0.39, 0.29) is 25.9 Å². The fourth-order valence-electron chi connectivity index (χ4n) is 2.43. The van der Waals surface area contributed by atoms with E-state index in [1.807, 2.05) is 0 Å². The Bertz CT molecular complexity index is 527. The Morgan fingerprint density at radius 2 is 2.00 bits per heavy atom. The van der Waals surface area contributed by atoms with Gasteiger partial charge < -0.3 is 19.9 Å². The van der Waals surface area contributed by atoms with Crippen LogP contribution in [0.15, 0.2) is 0 Å². The summed E-state index contributed by atoms with van der Waals surface area (Å²) in [5, 5.41) is 11.5. The molecule has 1 saturated heterocycles. The third-order valence-electron chi connectivity index (χ3n) is 3.41. The predicted octanol–water partition coefficient (Wildman–Crippen LogP) is 0.343. The van der Waals surface area contributed by atoms with E-state index < -0.39 is 48.2 Å². The Kier molecular flexibility index (Phi) is 7.35. The van der Waals surface area contributed by atoms with Crippen LogP contribution in [-0.4, -0.2) is 64.8 Å². The maximum atomic E-state index is 12.7. The number of aliphatic hydroxyl groups is 1. The van der Waals surface area contributed by atoms with Crippen molar-refractivity contribution < 1.29 is 33.8 Å². The highest BCUT2D eigenvalue weighted by Crippen LogP contribution is 2.22. The molecule has 0 radical (unpaired) electrons. The Morgan fingerprint density at radius 1 is 1.36 bits per heavy atom. The zero-order valence-corrected chi connectivity index (χ0v) is 15.0. The van der Waals surface area contributed by atoms with Crippen LogP contribution in [0.2, 0.25) is 0 Å². The lowest BCUT2D eigenvalue weighted by molar-refractivity contribution is -0.158. The van der Waals surface area contributed by atoms with E-state index in [0.29, 0.717) is 0 Å². The normalized spacial score (nSPS) is 18.7. The lowest BCUT2D eigenvalue weighted by atomic mass is 10.1. The summed E-state index contributed by atoms with van der Waals surface area (Å²) in [7, 11) is 0. The summed E-state index contributed by atoms with van der Waals surface area (Å²) < 4.78 is 9.98. The van der Waals surface area contributed by atoms with Crippen LogP contribution in [-0.2, 0) is 23.9 Å². The Labute approximate surface area is 146 Å². The standard InChI is InChI=1S/C16H26N2O7/c1-5-24-14(22)11-6-7-12(20)18(11)13(21)10(8-9-19)17-15(23)25-16(2,3)4/h10-11,19H,5-9H2,1-4H3,(H,17,23)/t10-,11-/m0/s1. The highest BCUT2D eigenvalue weighted by molar-refractivity contribution is 6.04. The molecule has 1 fully saturated rings. The van der Waals surface area contributed by atoms with Crippen LogP contribution in [0.1, 0.15) is 47.0 Å². The van der Waals surface area contributed by atoms with Gasteiger partial charge in [-0.1, -0.05) is 0 Å². The molecule has 0 aromatic rings. The first-order valence-electron chi connectivity index (χ1n) is 8.23. The third kappa shape index (κ3) is 6.00. The number of carbonyl (C=O) groups excluding carboxylic acids is 4. The van der Waals surface area contributed by atoms with Gasteiger partial charge in [-0.15, -0.1) is 0 Å². The molecule has 9 nitrogen and oxygen atoms in total. The lowest BCUT2D eigenvalue weighted by Crippen LogP contribution is -2.54. The first-order chi connectivity index (χ1) is 11.6. The van der Waals surface area contributed by atoms with Crippen LogP contribution in [0, 0.1) is 0 Å². The molecule has 0 bridgehead atoms. The van der Waals surface area contributed by atoms with Gasteiger partial charge in [0.05, 0.1) is 6.61 Å². The average molecular weight is 358 g/mol. The molecule has 2 N–H and O–H groups in total. The molecular weight excluding hydrogens is 332 g/mol. The Hall–Kier alpha value is -2.16. The summed E-state index contributed by atoms with van der Waals surface area (Å²) >= 11 is 0. The number of rotatable bonds is 6. The topological polar surface area (TPSA) is 122 Å². The first-order valence-corrected chi connectivity index (χ1v) is 8.23. The van der Waals surface area contributed by atoms with Crippen LogP contribution < -0.4 is 5.32 Å². The second-order valence-corrected chi connectivity index (χ2v) is 6.62. The van der Waals surface area contributed by atoms with Gasteiger partial charge in [0.2, 0.25) is 5.91 Å². The maximum absolute atomic E-state index is 12.7.